The summed E-state index contributed by atoms with van der Waals surface area (Å²) in [5.74, 6) is -0.560. The monoisotopic (exact) mass is 549 g/mol. The van der Waals surface area contributed by atoms with Gasteiger partial charge in [0.2, 0.25) is 5.91 Å². The van der Waals surface area contributed by atoms with E-state index in [9.17, 15) is 20.1 Å². The molecule has 0 unspecified atom stereocenters. The highest BCUT2D eigenvalue weighted by molar-refractivity contribution is 9.12. The van der Waals surface area contributed by atoms with Gasteiger partial charge in [0.25, 0.3) is 0 Å². The Balaban J connectivity index is 1.84. The summed E-state index contributed by atoms with van der Waals surface area (Å²) in [6.07, 6.45) is 10.0. The molecular weight excluding hydrogens is 522 g/mol. The molecular formula is C21H29Br2NO4S. The van der Waals surface area contributed by atoms with Gasteiger partial charge in [0, 0.05) is 18.8 Å². The molecule has 0 spiro atoms. The molecule has 2 rings (SSSR count). The van der Waals surface area contributed by atoms with Gasteiger partial charge in [0.05, 0.1) is 25.9 Å². The predicted octanol–water partition coefficient (Wildman–Crippen LogP) is 4.08. The van der Waals surface area contributed by atoms with E-state index in [0.717, 1.165) is 26.0 Å². The third-order valence-corrected chi connectivity index (χ3v) is 7.74. The zero-order valence-corrected chi connectivity index (χ0v) is 20.2. The number of hydrogen-bond donors (Lipinski definition) is 4. The largest absolute Gasteiger partial charge is 0.393 e. The number of aliphatic hydroxyl groups excluding tert-OH is 3. The summed E-state index contributed by atoms with van der Waals surface area (Å²) in [6, 6.07) is 2.05. The normalized spacial score (nSPS) is 26.0. The van der Waals surface area contributed by atoms with Gasteiger partial charge in [-0.3, -0.25) is 4.79 Å². The minimum Gasteiger partial charge on any atom is -0.393 e. The second-order valence-corrected chi connectivity index (χ2v) is 11.3. The lowest BCUT2D eigenvalue weighted by molar-refractivity contribution is -0.118. The molecule has 162 valence electrons. The molecule has 0 radical (unpaired) electrons. The molecule has 0 aromatic carbocycles. The fourth-order valence-corrected chi connectivity index (χ4v) is 6.59. The topological polar surface area (TPSA) is 104 Å². The number of carbonyl (C=O) groups is 1. The van der Waals surface area contributed by atoms with Crippen molar-refractivity contribution in [2.45, 2.75) is 63.3 Å². The van der Waals surface area contributed by atoms with Gasteiger partial charge in [0.1, 0.15) is 0 Å². The average Bonchev–Trinajstić information content (AvgIpc) is 3.11. The van der Waals surface area contributed by atoms with Crippen LogP contribution in [0.15, 0.2) is 37.9 Å². The van der Waals surface area contributed by atoms with Crippen molar-refractivity contribution < 1.29 is 20.1 Å². The molecule has 1 aromatic rings. The van der Waals surface area contributed by atoms with E-state index in [-0.39, 0.29) is 17.7 Å². The van der Waals surface area contributed by atoms with Crippen molar-refractivity contribution in [2.75, 3.05) is 0 Å². The quantitative estimate of drug-likeness (QED) is 0.246. The van der Waals surface area contributed by atoms with Gasteiger partial charge < -0.3 is 21.1 Å². The first kappa shape index (κ1) is 24.8. The maximum atomic E-state index is 10.7. The molecule has 1 aromatic heterocycles. The number of nitrogens with two attached hydrogens (primary N) is 1. The lowest BCUT2D eigenvalue weighted by Gasteiger charge is -2.19. The Morgan fingerprint density at radius 1 is 1.31 bits per heavy atom. The fraction of sp³-hybridized carbons (Fsp3) is 0.571. The molecule has 1 heterocycles. The van der Waals surface area contributed by atoms with Crippen LogP contribution in [0, 0.1) is 11.8 Å². The van der Waals surface area contributed by atoms with Crippen LogP contribution >= 0.6 is 43.2 Å². The van der Waals surface area contributed by atoms with Gasteiger partial charge in [0.15, 0.2) is 0 Å². The molecule has 5 atom stereocenters. The van der Waals surface area contributed by atoms with E-state index in [4.69, 9.17) is 5.73 Å². The molecule has 0 bridgehead atoms. The molecule has 1 aliphatic carbocycles. The molecule has 1 saturated carbocycles. The zero-order chi connectivity index (χ0) is 21.4. The van der Waals surface area contributed by atoms with Crippen molar-refractivity contribution in [3.05, 3.63) is 43.5 Å². The highest BCUT2D eigenvalue weighted by Gasteiger charge is 2.39. The Morgan fingerprint density at radius 3 is 2.72 bits per heavy atom. The number of primary amides is 1. The summed E-state index contributed by atoms with van der Waals surface area (Å²) in [5.41, 5.74) is 6.28. The highest BCUT2D eigenvalue weighted by Crippen LogP contribution is 2.36. The summed E-state index contributed by atoms with van der Waals surface area (Å²) in [5, 5.41) is 30.9. The van der Waals surface area contributed by atoms with Crippen LogP contribution in [-0.4, -0.2) is 39.5 Å². The van der Waals surface area contributed by atoms with Crippen LogP contribution in [0.1, 0.15) is 44.1 Å². The van der Waals surface area contributed by atoms with Gasteiger partial charge in [-0.1, -0.05) is 24.3 Å². The van der Waals surface area contributed by atoms with E-state index in [1.54, 1.807) is 17.4 Å². The maximum Gasteiger partial charge on any atom is 0.217 e. The third-order valence-electron chi connectivity index (χ3n) is 5.28. The Hall–Kier alpha value is -0.510. The van der Waals surface area contributed by atoms with Crippen molar-refractivity contribution in [1.82, 2.24) is 0 Å². The first-order chi connectivity index (χ1) is 13.8. The number of carbonyl (C=O) groups excluding carboxylic acids is 1. The average molecular weight is 551 g/mol. The summed E-state index contributed by atoms with van der Waals surface area (Å²) in [4.78, 5) is 10.7. The number of hydrogen-bond acceptors (Lipinski definition) is 5. The van der Waals surface area contributed by atoms with E-state index in [2.05, 4.69) is 31.9 Å². The molecule has 1 fully saturated rings. The molecule has 1 amide bonds. The van der Waals surface area contributed by atoms with Gasteiger partial charge in [-0.15, -0.1) is 11.3 Å². The highest BCUT2D eigenvalue weighted by atomic mass is 79.9. The Labute approximate surface area is 193 Å². The predicted molar refractivity (Wildman–Crippen MR) is 124 cm³/mol. The smallest absolute Gasteiger partial charge is 0.217 e. The molecule has 0 saturated heterocycles. The number of aliphatic hydroxyl groups is 3. The SMILES string of the molecule is NC(=O)CCC/C=C\C[C@@H]1[C@@H](/C=C/[C@H](O)CCc2cc(Br)sc2Br)[C@@H](O)C[C@@H]1O. The van der Waals surface area contributed by atoms with Crippen LogP contribution in [0.3, 0.4) is 0 Å². The number of allylic oxidation sites excluding steroid dienone is 2. The van der Waals surface area contributed by atoms with Gasteiger partial charge in [-0.2, -0.15) is 0 Å². The molecule has 5 N–H and O–H groups in total. The molecule has 5 nitrogen and oxygen atoms in total. The summed E-state index contributed by atoms with van der Waals surface area (Å²) in [7, 11) is 0. The van der Waals surface area contributed by atoms with Crippen molar-refractivity contribution in [3.8, 4) is 0 Å². The number of amides is 1. The van der Waals surface area contributed by atoms with E-state index < -0.39 is 18.3 Å². The number of aryl methyl sites for hydroxylation is 1. The van der Waals surface area contributed by atoms with Crippen molar-refractivity contribution >= 4 is 49.1 Å². The summed E-state index contributed by atoms with van der Waals surface area (Å²) < 4.78 is 2.12. The van der Waals surface area contributed by atoms with Crippen LogP contribution in [0.5, 0.6) is 0 Å². The second-order valence-electron chi connectivity index (χ2n) is 7.52. The number of thiophene rings is 1. The maximum absolute atomic E-state index is 10.7. The van der Waals surface area contributed by atoms with E-state index in [1.807, 2.05) is 24.3 Å². The Kier molecular flexibility index (Phi) is 10.6. The minimum atomic E-state index is -0.608. The third kappa shape index (κ3) is 8.26. The summed E-state index contributed by atoms with van der Waals surface area (Å²) in [6.45, 7) is 0. The fourth-order valence-electron chi connectivity index (χ4n) is 3.67. The number of halogens is 2. The Bertz CT molecular complexity index is 722. The van der Waals surface area contributed by atoms with Crippen molar-refractivity contribution in [3.63, 3.8) is 0 Å². The molecule has 29 heavy (non-hydrogen) atoms. The van der Waals surface area contributed by atoms with E-state index in [0.29, 0.717) is 32.1 Å². The molecule has 0 aliphatic heterocycles. The first-order valence-corrected chi connectivity index (χ1v) is 12.3. The van der Waals surface area contributed by atoms with Crippen molar-refractivity contribution in [1.29, 1.82) is 0 Å². The number of rotatable bonds is 11. The lowest BCUT2D eigenvalue weighted by Crippen LogP contribution is -2.20. The minimum absolute atomic E-state index is 0.0807. The molecule has 8 heteroatoms. The lowest BCUT2D eigenvalue weighted by atomic mass is 9.89. The van der Waals surface area contributed by atoms with Crippen LogP contribution in [-0.2, 0) is 11.2 Å². The van der Waals surface area contributed by atoms with Gasteiger partial charge in [-0.05, 0) is 81.5 Å². The van der Waals surface area contributed by atoms with Gasteiger partial charge >= 0.3 is 0 Å². The van der Waals surface area contributed by atoms with Crippen LogP contribution in [0.2, 0.25) is 0 Å². The zero-order valence-electron chi connectivity index (χ0n) is 16.2. The summed E-state index contributed by atoms with van der Waals surface area (Å²) >= 11 is 8.60. The van der Waals surface area contributed by atoms with Crippen LogP contribution < -0.4 is 5.73 Å². The van der Waals surface area contributed by atoms with E-state index >= 15 is 0 Å². The first-order valence-electron chi connectivity index (χ1n) is 9.87. The van der Waals surface area contributed by atoms with Gasteiger partial charge in [-0.25, -0.2) is 0 Å². The standard InChI is InChI=1S/C21H29Br2NO4S/c22-19-11-13(21(23)29-19)7-8-14(25)9-10-16-15(17(26)12-18(16)27)5-3-1-2-4-6-20(24)28/h1,3,9-11,14-18,25-27H,2,4-8,12H2,(H2,24,28)/b3-1-,10-9+/t14-,15-,16-,17+,18+/m1/s1. The van der Waals surface area contributed by atoms with Crippen molar-refractivity contribution in [2.24, 2.45) is 17.6 Å². The number of unbranched alkanes of at least 4 members (excludes halogenated alkanes) is 1. The van der Waals surface area contributed by atoms with E-state index in [1.165, 1.54) is 0 Å². The Morgan fingerprint density at radius 2 is 2.07 bits per heavy atom. The van der Waals surface area contributed by atoms with Crippen LogP contribution in [0.4, 0.5) is 0 Å². The molecule has 1 aliphatic rings. The van der Waals surface area contributed by atoms with Crippen LogP contribution in [0.25, 0.3) is 0 Å². The second kappa shape index (κ2) is 12.4.